The van der Waals surface area contributed by atoms with E-state index < -0.39 is 5.60 Å². The van der Waals surface area contributed by atoms with Crippen molar-refractivity contribution in [1.82, 2.24) is 0 Å². The smallest absolute Gasteiger partial charge is 0.213 e. The van der Waals surface area contributed by atoms with E-state index in [1.807, 2.05) is 24.3 Å². The molecule has 2 bridgehead atoms. The molecule has 0 aromatic heterocycles. The first kappa shape index (κ1) is 18.0. The molecule has 4 heterocycles. The lowest BCUT2D eigenvalue weighted by Crippen LogP contribution is -2.48. The standard InChI is InChI=1S/C26H26N2O2/c1-16(2)13-14-27-20-12-8-6-10-18(20)26-24(27)22-23(29)17-9-5-7-11-19(17)28(22)21(30-26)15-25(26,3)4/h5-13,21H,14-15H2,1-4H3/t21-,26-/m1/s1. The molecule has 1 fully saturated rings. The van der Waals surface area contributed by atoms with Gasteiger partial charge >= 0.3 is 0 Å². The molecular weight excluding hydrogens is 372 g/mol. The monoisotopic (exact) mass is 398 g/mol. The van der Waals surface area contributed by atoms with Gasteiger partial charge in [0.2, 0.25) is 5.78 Å². The van der Waals surface area contributed by atoms with Gasteiger partial charge in [0.15, 0.2) is 0 Å². The summed E-state index contributed by atoms with van der Waals surface area (Å²) in [5.74, 6) is 0.117. The molecule has 0 N–H and O–H groups in total. The molecule has 4 heteroatoms. The topological polar surface area (TPSA) is 32.8 Å². The second kappa shape index (κ2) is 5.64. The van der Waals surface area contributed by atoms with Gasteiger partial charge in [0.05, 0.1) is 11.4 Å². The van der Waals surface area contributed by atoms with Gasteiger partial charge < -0.3 is 14.5 Å². The van der Waals surface area contributed by atoms with E-state index in [0.717, 1.165) is 41.3 Å². The molecule has 0 saturated carbocycles. The van der Waals surface area contributed by atoms with Crippen LogP contribution in [0.2, 0.25) is 0 Å². The number of nitrogens with zero attached hydrogens (tertiary/aromatic N) is 2. The van der Waals surface area contributed by atoms with Crippen molar-refractivity contribution in [3.8, 4) is 0 Å². The maximum atomic E-state index is 13.7. The first-order valence-electron chi connectivity index (χ1n) is 10.7. The summed E-state index contributed by atoms with van der Waals surface area (Å²) < 4.78 is 6.96. The number of hydrogen-bond acceptors (Lipinski definition) is 4. The van der Waals surface area contributed by atoms with E-state index in [1.165, 1.54) is 11.1 Å². The first-order chi connectivity index (χ1) is 14.4. The van der Waals surface area contributed by atoms with Crippen LogP contribution in [0.3, 0.4) is 0 Å². The molecule has 0 aliphatic carbocycles. The molecule has 30 heavy (non-hydrogen) atoms. The minimum Gasteiger partial charge on any atom is -0.340 e. The van der Waals surface area contributed by atoms with Crippen LogP contribution < -0.4 is 9.80 Å². The van der Waals surface area contributed by atoms with E-state index in [1.54, 1.807) is 0 Å². The third-order valence-corrected chi connectivity index (χ3v) is 7.19. The molecule has 0 unspecified atom stereocenters. The van der Waals surface area contributed by atoms with E-state index in [-0.39, 0.29) is 17.4 Å². The molecule has 4 aliphatic rings. The van der Waals surface area contributed by atoms with Crippen molar-refractivity contribution in [3.05, 3.63) is 82.7 Å². The zero-order valence-corrected chi connectivity index (χ0v) is 17.9. The third-order valence-electron chi connectivity index (χ3n) is 7.19. The Kier molecular flexibility index (Phi) is 3.38. The molecular formula is C26H26N2O2. The lowest BCUT2D eigenvalue weighted by molar-refractivity contribution is -0.0608. The summed E-state index contributed by atoms with van der Waals surface area (Å²) in [4.78, 5) is 18.2. The molecule has 6 rings (SSSR count). The molecule has 2 aromatic rings. The highest BCUT2D eigenvalue weighted by atomic mass is 16.5. The first-order valence-corrected chi connectivity index (χ1v) is 10.7. The van der Waals surface area contributed by atoms with Gasteiger partial charge in [0.1, 0.15) is 17.5 Å². The second-order valence-electron chi connectivity index (χ2n) is 9.66. The zero-order valence-electron chi connectivity index (χ0n) is 17.9. The second-order valence-corrected chi connectivity index (χ2v) is 9.66. The number of hydrogen-bond donors (Lipinski definition) is 0. The van der Waals surface area contributed by atoms with Gasteiger partial charge in [-0.3, -0.25) is 4.79 Å². The van der Waals surface area contributed by atoms with Crippen LogP contribution in [0.5, 0.6) is 0 Å². The average Bonchev–Trinajstić information content (AvgIpc) is 3.26. The summed E-state index contributed by atoms with van der Waals surface area (Å²) >= 11 is 0. The van der Waals surface area contributed by atoms with Crippen molar-refractivity contribution in [2.75, 3.05) is 16.3 Å². The molecule has 1 saturated heterocycles. The Bertz CT molecular complexity index is 1170. The largest absolute Gasteiger partial charge is 0.340 e. The average molecular weight is 399 g/mol. The summed E-state index contributed by atoms with van der Waals surface area (Å²) in [7, 11) is 0. The molecule has 2 atom stereocenters. The minimum atomic E-state index is -0.604. The van der Waals surface area contributed by atoms with Crippen LogP contribution in [-0.4, -0.2) is 18.6 Å². The van der Waals surface area contributed by atoms with E-state index in [4.69, 9.17) is 4.74 Å². The fraction of sp³-hybridized carbons (Fsp3) is 0.346. The lowest BCUT2D eigenvalue weighted by atomic mass is 9.70. The van der Waals surface area contributed by atoms with Crippen LogP contribution >= 0.6 is 0 Å². The van der Waals surface area contributed by atoms with Crippen LogP contribution in [0.25, 0.3) is 0 Å². The van der Waals surface area contributed by atoms with Crippen molar-refractivity contribution < 1.29 is 9.53 Å². The van der Waals surface area contributed by atoms with Crippen molar-refractivity contribution >= 4 is 17.2 Å². The molecule has 152 valence electrons. The molecule has 2 aromatic carbocycles. The van der Waals surface area contributed by atoms with Crippen LogP contribution in [0.15, 0.2) is 71.6 Å². The zero-order chi connectivity index (χ0) is 20.8. The minimum absolute atomic E-state index is 0.117. The molecule has 1 spiro atoms. The quantitative estimate of drug-likeness (QED) is 0.637. The van der Waals surface area contributed by atoms with Crippen LogP contribution in [0.1, 0.15) is 50.0 Å². The summed E-state index contributed by atoms with van der Waals surface area (Å²) in [6.45, 7) is 9.53. The number of ketones is 1. The van der Waals surface area contributed by atoms with E-state index in [0.29, 0.717) is 0 Å². The Balaban J connectivity index is 1.70. The van der Waals surface area contributed by atoms with Gasteiger partial charge in [-0.25, -0.2) is 0 Å². The maximum absolute atomic E-state index is 13.7. The Morgan fingerprint density at radius 3 is 2.57 bits per heavy atom. The van der Waals surface area contributed by atoms with Crippen molar-refractivity contribution in [2.45, 2.75) is 45.9 Å². The van der Waals surface area contributed by atoms with Gasteiger partial charge in [-0.2, -0.15) is 0 Å². The third kappa shape index (κ3) is 1.93. The number of rotatable bonds is 2. The highest BCUT2D eigenvalue weighted by Crippen LogP contribution is 2.68. The summed E-state index contributed by atoms with van der Waals surface area (Å²) in [6, 6.07) is 16.5. The molecule has 0 radical (unpaired) electrons. The van der Waals surface area contributed by atoms with Crippen molar-refractivity contribution in [2.24, 2.45) is 5.41 Å². The van der Waals surface area contributed by atoms with Gasteiger partial charge in [-0.15, -0.1) is 0 Å². The molecule has 4 nitrogen and oxygen atoms in total. The van der Waals surface area contributed by atoms with Gasteiger partial charge in [-0.05, 0) is 32.0 Å². The number of anilines is 2. The van der Waals surface area contributed by atoms with Crippen LogP contribution in [0.4, 0.5) is 11.4 Å². The van der Waals surface area contributed by atoms with E-state index >= 15 is 0 Å². The highest BCUT2D eigenvalue weighted by Gasteiger charge is 2.69. The number of carbonyl (C=O) groups is 1. The van der Waals surface area contributed by atoms with E-state index in [2.05, 4.69) is 67.8 Å². The van der Waals surface area contributed by atoms with Crippen LogP contribution in [-0.2, 0) is 10.3 Å². The summed E-state index contributed by atoms with van der Waals surface area (Å²) in [5.41, 5.74) is 6.42. The Morgan fingerprint density at radius 2 is 1.80 bits per heavy atom. The van der Waals surface area contributed by atoms with E-state index in [9.17, 15) is 4.79 Å². The summed E-state index contributed by atoms with van der Waals surface area (Å²) in [6.07, 6.45) is 2.96. The van der Waals surface area contributed by atoms with Gasteiger partial charge in [-0.1, -0.05) is 55.8 Å². The van der Waals surface area contributed by atoms with Crippen molar-refractivity contribution in [1.29, 1.82) is 0 Å². The molecule has 4 aliphatic heterocycles. The predicted octanol–water partition coefficient (Wildman–Crippen LogP) is 5.37. The SMILES string of the molecule is CC(C)=CCN1C2=C3C(=O)c4ccccc4N3[C@H]3CC(C)(C)[C@@]2(O3)c2ccccc21. The van der Waals surface area contributed by atoms with Gasteiger partial charge in [0.25, 0.3) is 0 Å². The Morgan fingerprint density at radius 1 is 1.10 bits per heavy atom. The number of carbonyl (C=O) groups excluding carboxylic acids is 1. The number of fused-ring (bicyclic) bond motifs is 6. The number of benzene rings is 2. The lowest BCUT2D eigenvalue weighted by Gasteiger charge is -2.43. The Hall–Kier alpha value is -2.85. The van der Waals surface area contributed by atoms with Gasteiger partial charge in [0, 0.05) is 35.2 Å². The maximum Gasteiger partial charge on any atom is 0.213 e. The van der Waals surface area contributed by atoms with Crippen LogP contribution in [0, 0.1) is 5.41 Å². The van der Waals surface area contributed by atoms with Crippen molar-refractivity contribution in [3.63, 3.8) is 0 Å². The number of Topliss-reactive ketones (excluding diaryl/α,β-unsaturated/α-hetero) is 1. The molecule has 0 amide bonds. The fourth-order valence-electron chi connectivity index (χ4n) is 5.89. The normalized spacial score (nSPS) is 27.1. The number of allylic oxidation sites excluding steroid dienone is 2. The number of ether oxygens (including phenoxy) is 1. The fourth-order valence-corrected chi connectivity index (χ4v) is 5.89. The predicted molar refractivity (Wildman–Crippen MR) is 118 cm³/mol. The Labute approximate surface area is 177 Å². The highest BCUT2D eigenvalue weighted by molar-refractivity contribution is 6.20. The number of para-hydroxylation sites is 2. The summed E-state index contributed by atoms with van der Waals surface area (Å²) in [5, 5.41) is 0.